The molecule has 0 unspecified atom stereocenters. The normalized spacial score (nSPS) is 18.2. The zero-order valence-electron chi connectivity index (χ0n) is 17.2. The van der Waals surface area contributed by atoms with Gasteiger partial charge in [0.2, 0.25) is 10.0 Å². The zero-order valence-corrected chi connectivity index (χ0v) is 18.8. The van der Waals surface area contributed by atoms with Gasteiger partial charge in [-0.2, -0.15) is 0 Å². The van der Waals surface area contributed by atoms with E-state index < -0.39 is 15.6 Å². The molecule has 0 radical (unpaired) electrons. The molecule has 1 aliphatic heterocycles. The molecule has 2 N–H and O–H groups in total. The fraction of sp³-hybridized carbons (Fsp3) is 0.429. The van der Waals surface area contributed by atoms with Crippen molar-refractivity contribution in [3.63, 3.8) is 0 Å². The van der Waals surface area contributed by atoms with Crippen molar-refractivity contribution in [2.75, 3.05) is 7.05 Å². The maximum absolute atomic E-state index is 12.6. The summed E-state index contributed by atoms with van der Waals surface area (Å²) in [5, 5.41) is 5.45. The molecule has 1 aromatic carbocycles. The predicted molar refractivity (Wildman–Crippen MR) is 115 cm³/mol. The highest BCUT2D eigenvalue weighted by Crippen LogP contribution is 2.47. The Morgan fingerprint density at radius 3 is 2.30 bits per heavy atom. The van der Waals surface area contributed by atoms with Crippen LogP contribution >= 0.6 is 11.3 Å². The van der Waals surface area contributed by atoms with Gasteiger partial charge in [0.15, 0.2) is 0 Å². The van der Waals surface area contributed by atoms with Gasteiger partial charge in [-0.15, -0.1) is 11.3 Å². The van der Waals surface area contributed by atoms with Crippen LogP contribution in [0.15, 0.2) is 34.5 Å². The van der Waals surface area contributed by atoms with E-state index in [2.05, 4.69) is 13.8 Å². The molecule has 1 aliphatic carbocycles. The molecule has 2 heterocycles. The summed E-state index contributed by atoms with van der Waals surface area (Å²) in [5.74, 6) is 0.266. The Morgan fingerprint density at radius 1 is 1.17 bits per heavy atom. The van der Waals surface area contributed by atoms with E-state index in [0.29, 0.717) is 11.5 Å². The van der Waals surface area contributed by atoms with E-state index in [9.17, 15) is 18.0 Å². The number of amides is 3. The second-order valence-corrected chi connectivity index (χ2v) is 11.4. The number of carbonyl (C=O) groups excluding carboxylic acids is 2. The molecule has 3 amide bonds. The second kappa shape index (κ2) is 7.18. The fourth-order valence-electron chi connectivity index (χ4n) is 3.96. The van der Waals surface area contributed by atoms with E-state index in [1.807, 2.05) is 30.3 Å². The van der Waals surface area contributed by atoms with E-state index in [1.54, 1.807) is 11.9 Å². The summed E-state index contributed by atoms with van der Waals surface area (Å²) in [5.41, 5.74) is 1.52. The number of hydrogen-bond donors (Lipinski definition) is 1. The van der Waals surface area contributed by atoms with Gasteiger partial charge >= 0.3 is 6.03 Å². The van der Waals surface area contributed by atoms with E-state index >= 15 is 0 Å². The quantitative estimate of drug-likeness (QED) is 0.687. The minimum absolute atomic E-state index is 0.133. The van der Waals surface area contributed by atoms with E-state index in [0.717, 1.165) is 35.3 Å². The first-order valence-corrected chi connectivity index (χ1v) is 12.2. The molecule has 160 valence electrons. The van der Waals surface area contributed by atoms with Crippen molar-refractivity contribution >= 4 is 33.3 Å². The van der Waals surface area contributed by atoms with Gasteiger partial charge in [-0.25, -0.2) is 18.4 Å². The number of sulfonamides is 1. The largest absolute Gasteiger partial charge is 0.327 e. The number of urea groups is 1. The Kier molecular flexibility index (Phi) is 5.03. The van der Waals surface area contributed by atoms with Crippen LogP contribution in [-0.4, -0.2) is 42.7 Å². The van der Waals surface area contributed by atoms with Crippen molar-refractivity contribution in [1.29, 1.82) is 0 Å². The van der Waals surface area contributed by atoms with Gasteiger partial charge in [0.25, 0.3) is 5.91 Å². The van der Waals surface area contributed by atoms with Crippen LogP contribution in [0.2, 0.25) is 0 Å². The van der Waals surface area contributed by atoms with Crippen LogP contribution in [0, 0.1) is 5.92 Å². The van der Waals surface area contributed by atoms with Crippen molar-refractivity contribution in [2.45, 2.75) is 49.4 Å². The molecule has 0 bridgehead atoms. The monoisotopic (exact) mass is 447 g/mol. The Hall–Kier alpha value is -2.23. The van der Waals surface area contributed by atoms with Crippen LogP contribution in [0.4, 0.5) is 4.79 Å². The van der Waals surface area contributed by atoms with E-state index in [4.69, 9.17) is 5.14 Å². The van der Waals surface area contributed by atoms with Crippen molar-refractivity contribution in [3.05, 3.63) is 40.8 Å². The van der Waals surface area contributed by atoms with Gasteiger partial charge in [-0.05, 0) is 42.4 Å². The molecule has 1 saturated heterocycles. The lowest BCUT2D eigenvalue weighted by atomic mass is 10.0. The Morgan fingerprint density at radius 2 is 1.80 bits per heavy atom. The molecular weight excluding hydrogens is 422 g/mol. The van der Waals surface area contributed by atoms with Crippen molar-refractivity contribution in [3.8, 4) is 11.1 Å². The van der Waals surface area contributed by atoms with Crippen LogP contribution in [0.1, 0.15) is 37.1 Å². The lowest BCUT2D eigenvalue weighted by molar-refractivity contribution is -0.129. The molecule has 0 atom stereocenters. The van der Waals surface area contributed by atoms with Crippen molar-refractivity contribution in [1.82, 2.24) is 9.80 Å². The predicted octanol–water partition coefficient (Wildman–Crippen LogP) is 3.19. The topological polar surface area (TPSA) is 101 Å². The maximum atomic E-state index is 12.6. The van der Waals surface area contributed by atoms with Gasteiger partial charge < -0.3 is 4.90 Å². The van der Waals surface area contributed by atoms with Gasteiger partial charge in [-0.3, -0.25) is 9.69 Å². The molecular formula is C21H25N3O4S2. The third kappa shape index (κ3) is 3.55. The number of nitrogens with zero attached hydrogens (tertiary/aromatic N) is 2. The van der Waals surface area contributed by atoms with Crippen LogP contribution in [-0.2, 0) is 27.8 Å². The summed E-state index contributed by atoms with van der Waals surface area (Å²) < 4.78 is 24.4. The number of nitrogens with two attached hydrogens (primary N) is 1. The maximum Gasteiger partial charge on any atom is 0.327 e. The first kappa shape index (κ1) is 21.0. The number of primary sulfonamides is 1. The first-order valence-electron chi connectivity index (χ1n) is 9.87. The summed E-state index contributed by atoms with van der Waals surface area (Å²) in [6, 6.07) is 8.88. The summed E-state index contributed by atoms with van der Waals surface area (Å²) in [6.07, 6.45) is 2.22. The number of imide groups is 1. The van der Waals surface area contributed by atoms with Crippen LogP contribution < -0.4 is 5.14 Å². The number of hydrogen-bond acceptors (Lipinski definition) is 5. The Labute approximate surface area is 180 Å². The molecule has 1 saturated carbocycles. The summed E-state index contributed by atoms with van der Waals surface area (Å²) in [7, 11) is -2.16. The third-order valence-electron chi connectivity index (χ3n) is 5.75. The van der Waals surface area contributed by atoms with Crippen molar-refractivity contribution < 1.29 is 18.0 Å². The van der Waals surface area contributed by atoms with Gasteiger partial charge in [0, 0.05) is 17.5 Å². The molecule has 2 aliphatic rings. The number of benzene rings is 1. The molecule has 7 nitrogen and oxygen atoms in total. The molecule has 2 fully saturated rings. The summed E-state index contributed by atoms with van der Waals surface area (Å²) >= 11 is 1.21. The Bertz CT molecular complexity index is 1120. The molecule has 2 aromatic rings. The van der Waals surface area contributed by atoms with E-state index in [-0.39, 0.29) is 22.7 Å². The van der Waals surface area contributed by atoms with Gasteiger partial charge in [0.05, 0.1) is 6.54 Å². The molecule has 1 aromatic heterocycles. The number of thiophene rings is 1. The highest BCUT2D eigenvalue weighted by molar-refractivity contribution is 7.91. The molecule has 4 rings (SSSR count). The molecule has 1 spiro atoms. The minimum Gasteiger partial charge on any atom is -0.313 e. The van der Waals surface area contributed by atoms with Crippen LogP contribution in [0.5, 0.6) is 0 Å². The zero-order chi connectivity index (χ0) is 21.8. The summed E-state index contributed by atoms with van der Waals surface area (Å²) in [6.45, 7) is 4.36. The van der Waals surface area contributed by atoms with Crippen molar-refractivity contribution in [2.24, 2.45) is 11.1 Å². The lowest BCUT2D eigenvalue weighted by Gasteiger charge is -2.14. The highest BCUT2D eigenvalue weighted by atomic mass is 32.2. The smallest absolute Gasteiger partial charge is 0.313 e. The second-order valence-electron chi connectivity index (χ2n) is 8.52. The van der Waals surface area contributed by atoms with E-state index in [1.165, 1.54) is 16.2 Å². The molecule has 9 heteroatoms. The number of rotatable bonds is 6. The summed E-state index contributed by atoms with van der Waals surface area (Å²) in [4.78, 5) is 28.9. The first-order chi connectivity index (χ1) is 14.0. The van der Waals surface area contributed by atoms with Crippen LogP contribution in [0.3, 0.4) is 0 Å². The van der Waals surface area contributed by atoms with Gasteiger partial charge in [-0.1, -0.05) is 38.1 Å². The third-order valence-corrected chi connectivity index (χ3v) is 8.38. The number of likely N-dealkylation sites (N-methyl/N-ethyl adjacent to an activating group) is 1. The Balaban J connectivity index is 1.59. The fourth-order valence-corrected chi connectivity index (χ4v) is 6.35. The van der Waals surface area contributed by atoms with Gasteiger partial charge in [0.1, 0.15) is 9.75 Å². The minimum atomic E-state index is -3.84. The SMILES string of the molecule is CC(C)Cc1cc(-c2ccc(CN3C(=O)N(C)C4(CC4)C3=O)cc2)c(S(N)(=O)=O)s1. The molecule has 30 heavy (non-hydrogen) atoms. The highest BCUT2D eigenvalue weighted by Gasteiger charge is 2.63. The average molecular weight is 448 g/mol. The average Bonchev–Trinajstić information content (AvgIpc) is 3.34. The lowest BCUT2D eigenvalue weighted by Crippen LogP contribution is -2.33. The standard InChI is InChI=1S/C21H25N3O4S2/c1-13(2)10-16-11-17(18(29-16)30(22,27)28)15-6-4-14(5-7-15)12-24-19(25)21(8-9-21)23(3)20(24)26/h4-7,11,13H,8-10,12H2,1-3H3,(H2,22,27,28). The number of carbonyl (C=O) groups is 2. The van der Waals surface area contributed by atoms with Crippen LogP contribution in [0.25, 0.3) is 11.1 Å².